The second-order valence-electron chi connectivity index (χ2n) is 15.5. The third kappa shape index (κ3) is 4.25. The van der Waals surface area contributed by atoms with Gasteiger partial charge in [0.1, 0.15) is 0 Å². The zero-order valence-corrected chi connectivity index (χ0v) is 32.0. The quantitative estimate of drug-likeness (QED) is 0.184. The van der Waals surface area contributed by atoms with Crippen LogP contribution < -0.4 is 0 Å². The molecule has 1 aromatic heterocycles. The number of aromatic amines is 1. The number of hydrogen-bond acceptors (Lipinski definition) is 1. The second kappa shape index (κ2) is 12.6. The lowest BCUT2D eigenvalue weighted by molar-refractivity contribution is 0.290. The minimum atomic E-state index is -0.797. The molecule has 2 heteroatoms. The predicted octanol–water partition coefficient (Wildman–Crippen LogP) is 12.1. The summed E-state index contributed by atoms with van der Waals surface area (Å²) in [6.07, 6.45) is 1.85. The summed E-state index contributed by atoms with van der Waals surface area (Å²) >= 11 is 0. The summed E-state index contributed by atoms with van der Waals surface area (Å²) in [4.78, 5) is 8.56. The van der Waals surface area contributed by atoms with Gasteiger partial charge in [-0.05, 0) is 132 Å². The topological polar surface area (TPSA) is 28.7 Å². The van der Waals surface area contributed by atoms with Gasteiger partial charge in [0.15, 0.2) is 0 Å². The molecule has 54 heavy (non-hydrogen) atoms. The Bertz CT molecular complexity index is 2430. The molecule has 0 atom stereocenters. The number of aryl methyl sites for hydroxylation is 6. The molecule has 8 aromatic rings. The maximum atomic E-state index is 5.00. The summed E-state index contributed by atoms with van der Waals surface area (Å²) in [7, 11) is 0. The average Bonchev–Trinajstić information content (AvgIpc) is 3.73. The number of nitrogens with one attached hydrogen (secondary N) is 1. The Morgan fingerprint density at radius 1 is 0.352 bits per heavy atom. The molecular weight excluding hydrogens is 653 g/mol. The molecule has 0 radical (unpaired) electrons. The largest absolute Gasteiger partial charge is 0.345 e. The van der Waals surface area contributed by atoms with Crippen molar-refractivity contribution < 1.29 is 0 Å². The summed E-state index contributed by atoms with van der Waals surface area (Å²) in [6, 6.07) is 60.0. The van der Waals surface area contributed by atoms with Crippen LogP contribution in [0.1, 0.15) is 77.9 Å². The van der Waals surface area contributed by atoms with E-state index in [1.165, 1.54) is 77.9 Å². The van der Waals surface area contributed by atoms with Gasteiger partial charge in [-0.1, -0.05) is 146 Å². The first-order valence-electron chi connectivity index (χ1n) is 19.1. The van der Waals surface area contributed by atoms with Crippen molar-refractivity contribution in [3.05, 3.63) is 242 Å². The molecule has 0 aliphatic heterocycles. The van der Waals surface area contributed by atoms with Crippen LogP contribution in [0.5, 0.6) is 0 Å². The Balaban J connectivity index is 1.76. The molecule has 0 saturated carbocycles. The monoisotopic (exact) mass is 698 g/mol. The van der Waals surface area contributed by atoms with Crippen LogP contribution in [0.3, 0.4) is 0 Å². The molecule has 264 valence electrons. The van der Waals surface area contributed by atoms with E-state index in [2.05, 4.69) is 204 Å². The van der Waals surface area contributed by atoms with Gasteiger partial charge in [0.2, 0.25) is 0 Å². The van der Waals surface area contributed by atoms with Gasteiger partial charge in [-0.2, -0.15) is 0 Å². The number of hydrogen-bond donors (Lipinski definition) is 1. The van der Waals surface area contributed by atoms with Gasteiger partial charge >= 0.3 is 0 Å². The van der Waals surface area contributed by atoms with E-state index in [9.17, 15) is 0 Å². The van der Waals surface area contributed by atoms with Gasteiger partial charge in [-0.3, -0.25) is 0 Å². The SMILES string of the molecule is Cc1ccccc1C1(c2ccccc2C)c2cc3nc[nH]c3cc2C(c2ccccc2C)(c2ccccc2C)C1(c1ccccc1C)c1ccccc1C. The minimum Gasteiger partial charge on any atom is -0.345 e. The van der Waals surface area contributed by atoms with E-state index in [-0.39, 0.29) is 0 Å². The Labute approximate surface area is 319 Å². The van der Waals surface area contributed by atoms with E-state index in [4.69, 9.17) is 4.98 Å². The predicted molar refractivity (Wildman–Crippen MR) is 224 cm³/mol. The number of benzene rings is 7. The maximum Gasteiger partial charge on any atom is 0.0931 e. The van der Waals surface area contributed by atoms with Gasteiger partial charge in [-0.15, -0.1) is 0 Å². The fourth-order valence-corrected chi connectivity index (χ4v) is 10.9. The fourth-order valence-electron chi connectivity index (χ4n) is 10.9. The Morgan fingerprint density at radius 3 is 0.981 bits per heavy atom. The first-order valence-corrected chi connectivity index (χ1v) is 19.1. The van der Waals surface area contributed by atoms with Crippen molar-refractivity contribution in [2.75, 3.05) is 0 Å². The number of H-pyrrole nitrogens is 1. The van der Waals surface area contributed by atoms with Gasteiger partial charge < -0.3 is 4.98 Å². The summed E-state index contributed by atoms with van der Waals surface area (Å²) in [5, 5.41) is 0. The first kappa shape index (κ1) is 33.8. The minimum absolute atomic E-state index is 0.763. The molecular formula is C52H46N2. The molecule has 1 N–H and O–H groups in total. The molecule has 9 rings (SSSR count). The lowest BCUT2D eigenvalue weighted by Crippen LogP contribution is -2.60. The van der Waals surface area contributed by atoms with Gasteiger partial charge in [0.25, 0.3) is 0 Å². The van der Waals surface area contributed by atoms with E-state index >= 15 is 0 Å². The highest BCUT2D eigenvalue weighted by molar-refractivity contribution is 5.88. The molecule has 1 aliphatic carbocycles. The van der Waals surface area contributed by atoms with Crippen LogP contribution >= 0.6 is 0 Å². The molecule has 1 aliphatic rings. The fraction of sp³-hybridized carbons (Fsp3) is 0.173. The lowest BCUT2D eigenvalue weighted by atomic mass is 9.41. The molecule has 0 bridgehead atoms. The molecule has 1 heterocycles. The third-order valence-electron chi connectivity index (χ3n) is 12.8. The van der Waals surface area contributed by atoms with E-state index in [1.54, 1.807) is 0 Å². The van der Waals surface area contributed by atoms with Crippen molar-refractivity contribution in [2.24, 2.45) is 0 Å². The summed E-state index contributed by atoms with van der Waals surface area (Å²) < 4.78 is 0. The first-order chi connectivity index (χ1) is 26.3. The lowest BCUT2D eigenvalue weighted by Gasteiger charge is -2.58. The van der Waals surface area contributed by atoms with Crippen LogP contribution in [-0.2, 0) is 16.2 Å². The highest BCUT2D eigenvalue weighted by Gasteiger charge is 2.75. The van der Waals surface area contributed by atoms with Gasteiger partial charge in [0, 0.05) is 0 Å². The zero-order valence-electron chi connectivity index (χ0n) is 32.0. The van der Waals surface area contributed by atoms with Crippen LogP contribution in [0.2, 0.25) is 0 Å². The molecule has 0 amide bonds. The molecule has 0 spiro atoms. The normalized spacial score (nSPS) is 15.3. The maximum absolute atomic E-state index is 5.00. The molecule has 0 fully saturated rings. The number of nitrogens with zero attached hydrogens (tertiary/aromatic N) is 1. The zero-order chi connectivity index (χ0) is 37.2. The van der Waals surface area contributed by atoms with Crippen molar-refractivity contribution in [1.29, 1.82) is 0 Å². The average molecular weight is 699 g/mol. The third-order valence-corrected chi connectivity index (χ3v) is 12.8. The Kier molecular flexibility index (Phi) is 7.87. The van der Waals surface area contributed by atoms with Crippen LogP contribution in [0.25, 0.3) is 11.0 Å². The number of imidazole rings is 1. The van der Waals surface area contributed by atoms with Crippen molar-refractivity contribution in [3.8, 4) is 0 Å². The van der Waals surface area contributed by atoms with Crippen molar-refractivity contribution in [1.82, 2.24) is 9.97 Å². The summed E-state index contributed by atoms with van der Waals surface area (Å²) in [5.41, 5.74) is 17.6. The highest BCUT2D eigenvalue weighted by Crippen LogP contribution is 2.75. The molecule has 2 nitrogen and oxygen atoms in total. The van der Waals surface area contributed by atoms with E-state index in [0.717, 1.165) is 11.0 Å². The van der Waals surface area contributed by atoms with Crippen LogP contribution in [0.15, 0.2) is 164 Å². The summed E-state index contributed by atoms with van der Waals surface area (Å²) in [5.74, 6) is 0. The van der Waals surface area contributed by atoms with E-state index in [0.29, 0.717) is 0 Å². The summed E-state index contributed by atoms with van der Waals surface area (Å²) in [6.45, 7) is 13.9. The van der Waals surface area contributed by atoms with Crippen LogP contribution in [0, 0.1) is 41.5 Å². The van der Waals surface area contributed by atoms with Crippen molar-refractivity contribution in [3.63, 3.8) is 0 Å². The van der Waals surface area contributed by atoms with E-state index in [1.807, 2.05) is 6.33 Å². The van der Waals surface area contributed by atoms with Crippen molar-refractivity contribution >= 4 is 11.0 Å². The Hall–Kier alpha value is -5.99. The second-order valence-corrected chi connectivity index (χ2v) is 15.5. The molecule has 7 aromatic carbocycles. The Morgan fingerprint density at radius 2 is 0.648 bits per heavy atom. The van der Waals surface area contributed by atoms with Crippen molar-refractivity contribution in [2.45, 2.75) is 57.8 Å². The van der Waals surface area contributed by atoms with Crippen LogP contribution in [0.4, 0.5) is 0 Å². The number of rotatable bonds is 6. The highest BCUT2D eigenvalue weighted by atomic mass is 14.9. The number of fused-ring (bicyclic) bond motifs is 2. The van der Waals surface area contributed by atoms with E-state index < -0.39 is 16.2 Å². The molecule has 0 unspecified atom stereocenters. The smallest absolute Gasteiger partial charge is 0.0931 e. The molecule has 0 saturated heterocycles. The van der Waals surface area contributed by atoms with Gasteiger partial charge in [-0.25, -0.2) is 4.98 Å². The number of aromatic nitrogens is 2. The van der Waals surface area contributed by atoms with Gasteiger partial charge in [0.05, 0.1) is 33.6 Å². The van der Waals surface area contributed by atoms with Crippen LogP contribution in [-0.4, -0.2) is 9.97 Å². The standard InChI is InChI=1S/C52H46N2/c1-34-19-7-13-25-40(34)50(41-26-14-8-20-35(41)2)46-31-48-49(54-33-53-48)32-47(46)51(42-27-15-9-21-36(42)3,43-28-16-10-22-37(43)4)52(50,44-29-17-11-23-38(44)5)45-30-18-12-24-39(45)6/h7-33H,1-6H3,(H,53,54).